The van der Waals surface area contributed by atoms with Gasteiger partial charge in [0.25, 0.3) is 0 Å². The highest BCUT2D eigenvalue weighted by Crippen LogP contribution is 2.49. The van der Waals surface area contributed by atoms with Crippen LogP contribution in [0.15, 0.2) is 0 Å². The fraction of sp³-hybridized carbons (Fsp3) is 0.964. The van der Waals surface area contributed by atoms with Gasteiger partial charge in [-0.3, -0.25) is 4.79 Å². The summed E-state index contributed by atoms with van der Waals surface area (Å²) in [6, 6.07) is -0.224. The fourth-order valence-corrected chi connectivity index (χ4v) is 11.3. The van der Waals surface area contributed by atoms with Crippen molar-refractivity contribution in [3.05, 3.63) is 0 Å². The average molecular weight is 546 g/mol. The summed E-state index contributed by atoms with van der Waals surface area (Å²) in [5.74, 6) is 0.0136. The van der Waals surface area contributed by atoms with Crippen molar-refractivity contribution in [2.24, 2.45) is 11.8 Å². The highest BCUT2D eigenvalue weighted by atomic mass is 35.5. The molecule has 4 saturated carbocycles. The molecule has 206 valence electrons. The molecule has 0 aromatic rings. The predicted octanol–water partition coefficient (Wildman–Crippen LogP) is 5.97. The van der Waals surface area contributed by atoms with Gasteiger partial charge in [0.1, 0.15) is 6.17 Å². The molecule has 4 aliphatic carbocycles. The number of nitrogens with zero attached hydrogens (tertiary/aromatic N) is 1. The van der Waals surface area contributed by atoms with Crippen LogP contribution in [0, 0.1) is 11.8 Å². The molecule has 0 bridgehead atoms. The van der Waals surface area contributed by atoms with Crippen molar-refractivity contribution in [3.8, 4) is 0 Å². The van der Waals surface area contributed by atoms with E-state index in [0.29, 0.717) is 51.7 Å². The number of sulfone groups is 1. The molecule has 1 heterocycles. The van der Waals surface area contributed by atoms with Gasteiger partial charge in [-0.2, -0.15) is 0 Å². The first-order valence-electron chi connectivity index (χ1n) is 14.7. The van der Waals surface area contributed by atoms with E-state index in [2.05, 4.69) is 0 Å². The van der Waals surface area contributed by atoms with Gasteiger partial charge >= 0.3 is 0 Å². The van der Waals surface area contributed by atoms with Crippen molar-refractivity contribution < 1.29 is 22.3 Å². The number of carbonyl (C=O) groups is 1. The van der Waals surface area contributed by atoms with Crippen LogP contribution in [0.4, 0.5) is 4.39 Å². The van der Waals surface area contributed by atoms with Gasteiger partial charge in [0.2, 0.25) is 5.91 Å². The molecule has 0 spiro atoms. The van der Waals surface area contributed by atoms with E-state index in [1.807, 2.05) is 4.90 Å². The first-order chi connectivity index (χ1) is 17.3. The Labute approximate surface area is 222 Å². The summed E-state index contributed by atoms with van der Waals surface area (Å²) >= 11 is 6.29. The zero-order chi connectivity index (χ0) is 25.3. The Kier molecular flexibility index (Phi) is 8.59. The Hall–Kier alpha value is -0.400. The molecule has 5 fully saturated rings. The third kappa shape index (κ3) is 5.11. The lowest BCUT2D eigenvalue weighted by atomic mass is 9.72. The highest BCUT2D eigenvalue weighted by molar-refractivity contribution is 7.93. The van der Waals surface area contributed by atoms with E-state index in [4.69, 9.17) is 16.3 Å². The minimum Gasteiger partial charge on any atom is -0.381 e. The molecule has 5 aliphatic rings. The largest absolute Gasteiger partial charge is 0.381 e. The Balaban J connectivity index is 1.34. The van der Waals surface area contributed by atoms with Crippen LogP contribution in [0.3, 0.4) is 0 Å². The predicted molar refractivity (Wildman–Crippen MR) is 141 cm³/mol. The van der Waals surface area contributed by atoms with Crippen molar-refractivity contribution in [1.82, 2.24) is 4.90 Å². The van der Waals surface area contributed by atoms with Gasteiger partial charge in [0.15, 0.2) is 9.84 Å². The van der Waals surface area contributed by atoms with Gasteiger partial charge in [-0.15, -0.1) is 11.6 Å². The molecular formula is C28H45ClFNO4S. The summed E-state index contributed by atoms with van der Waals surface area (Å²) in [7, 11) is -3.46. The smallest absolute Gasteiger partial charge is 0.226 e. The van der Waals surface area contributed by atoms with Crippen LogP contribution >= 0.6 is 11.6 Å². The second-order valence-corrected chi connectivity index (χ2v) is 15.5. The van der Waals surface area contributed by atoms with Gasteiger partial charge in [-0.25, -0.2) is 12.8 Å². The van der Waals surface area contributed by atoms with Crippen LogP contribution in [0.25, 0.3) is 0 Å². The van der Waals surface area contributed by atoms with Crippen molar-refractivity contribution >= 4 is 27.3 Å². The summed E-state index contributed by atoms with van der Waals surface area (Å²) in [4.78, 5) is 15.6. The number of amides is 1. The standard InChI is InChI=1S/C28H45ClFNO4S/c29-22-10-12-24(13-11-22)36(33,34)28(15-17-35-18-16-28)21-9-14-26(25(30)19-21)31(23-7-4-8-23)27(32)20-5-2-1-3-6-20/h20-26H,1-19H2. The van der Waals surface area contributed by atoms with Gasteiger partial charge in [-0.05, 0) is 95.8 Å². The lowest BCUT2D eigenvalue weighted by molar-refractivity contribution is -0.148. The third-order valence-corrected chi connectivity index (χ3v) is 14.1. The number of hydrogen-bond acceptors (Lipinski definition) is 4. The molecule has 5 rings (SSSR count). The molecule has 0 aromatic carbocycles. The lowest BCUT2D eigenvalue weighted by Gasteiger charge is -2.51. The maximum absolute atomic E-state index is 16.2. The van der Waals surface area contributed by atoms with Gasteiger partial charge in [-0.1, -0.05) is 19.3 Å². The second-order valence-electron chi connectivity index (χ2n) is 12.4. The molecule has 1 aliphatic heterocycles. The maximum atomic E-state index is 16.2. The summed E-state index contributed by atoms with van der Waals surface area (Å²) in [5.41, 5.74) is 0. The molecule has 8 heteroatoms. The van der Waals surface area contributed by atoms with Crippen LogP contribution in [0.2, 0.25) is 0 Å². The number of carbonyl (C=O) groups excluding carboxylic acids is 1. The zero-order valence-corrected chi connectivity index (χ0v) is 23.3. The Morgan fingerprint density at radius 3 is 2.11 bits per heavy atom. The monoisotopic (exact) mass is 545 g/mol. The van der Waals surface area contributed by atoms with Crippen molar-refractivity contribution in [3.63, 3.8) is 0 Å². The van der Waals surface area contributed by atoms with Crippen molar-refractivity contribution in [2.45, 2.75) is 143 Å². The minimum atomic E-state index is -3.46. The average Bonchev–Trinajstić information content (AvgIpc) is 2.87. The second kappa shape index (κ2) is 11.4. The van der Waals surface area contributed by atoms with Crippen LogP contribution in [0.1, 0.15) is 109 Å². The van der Waals surface area contributed by atoms with Crippen molar-refractivity contribution in [1.29, 1.82) is 0 Å². The molecule has 1 saturated heterocycles. The third-order valence-electron chi connectivity index (χ3n) is 10.5. The topological polar surface area (TPSA) is 63.7 Å². The lowest BCUT2D eigenvalue weighted by Crippen LogP contribution is -2.60. The molecule has 3 atom stereocenters. The molecule has 0 aromatic heterocycles. The summed E-state index contributed by atoms with van der Waals surface area (Å²) in [6.45, 7) is 0.852. The molecule has 36 heavy (non-hydrogen) atoms. The normalized spacial score (nSPS) is 36.7. The molecular weight excluding hydrogens is 501 g/mol. The number of hydrogen-bond donors (Lipinski definition) is 0. The quantitative estimate of drug-likeness (QED) is 0.386. The first kappa shape index (κ1) is 27.2. The minimum absolute atomic E-state index is 0.0450. The Bertz CT molecular complexity index is 861. The first-order valence-corrected chi connectivity index (χ1v) is 16.7. The summed E-state index contributed by atoms with van der Waals surface area (Å²) in [6.07, 6.45) is 12.2. The van der Waals surface area contributed by atoms with E-state index in [-0.39, 0.29) is 40.8 Å². The molecule has 5 nitrogen and oxygen atoms in total. The molecule has 3 unspecified atom stereocenters. The zero-order valence-electron chi connectivity index (χ0n) is 21.7. The number of alkyl halides is 2. The van der Waals surface area contributed by atoms with Gasteiger partial charge in [0.05, 0.1) is 16.0 Å². The Morgan fingerprint density at radius 2 is 1.53 bits per heavy atom. The van der Waals surface area contributed by atoms with Crippen LogP contribution in [-0.2, 0) is 19.4 Å². The van der Waals surface area contributed by atoms with Crippen LogP contribution in [-0.4, -0.2) is 66.1 Å². The van der Waals surface area contributed by atoms with E-state index in [9.17, 15) is 13.2 Å². The fourth-order valence-electron chi connectivity index (χ4n) is 8.04. The van der Waals surface area contributed by atoms with E-state index in [1.54, 1.807) is 0 Å². The van der Waals surface area contributed by atoms with E-state index in [1.165, 1.54) is 6.42 Å². The Morgan fingerprint density at radius 1 is 0.861 bits per heavy atom. The molecule has 0 N–H and O–H groups in total. The summed E-state index contributed by atoms with van der Waals surface area (Å²) in [5, 5.41) is -0.312. The SMILES string of the molecule is O=C(C1CCCCC1)N(C1CCC1)C1CCC(C2(S(=O)(=O)C3CCC(Cl)CC3)CCOCC2)CC1F. The van der Waals surface area contributed by atoms with E-state index < -0.39 is 26.8 Å². The number of rotatable bonds is 6. The van der Waals surface area contributed by atoms with E-state index in [0.717, 1.165) is 57.8 Å². The maximum Gasteiger partial charge on any atom is 0.226 e. The van der Waals surface area contributed by atoms with Crippen molar-refractivity contribution in [2.75, 3.05) is 13.2 Å². The van der Waals surface area contributed by atoms with Gasteiger partial charge in [0, 0.05) is 30.6 Å². The molecule has 0 radical (unpaired) electrons. The molecule has 1 amide bonds. The highest BCUT2D eigenvalue weighted by Gasteiger charge is 2.56. The van der Waals surface area contributed by atoms with Crippen LogP contribution < -0.4 is 0 Å². The van der Waals surface area contributed by atoms with Crippen LogP contribution in [0.5, 0.6) is 0 Å². The number of ether oxygens (including phenoxy) is 1. The summed E-state index contributed by atoms with van der Waals surface area (Å²) < 4.78 is 49.3. The number of halogens is 2. The van der Waals surface area contributed by atoms with E-state index >= 15 is 4.39 Å². The van der Waals surface area contributed by atoms with Gasteiger partial charge < -0.3 is 9.64 Å².